The van der Waals surface area contributed by atoms with Crippen LogP contribution in [0.25, 0.3) is 0 Å². The second-order valence-corrected chi connectivity index (χ2v) is 5.49. The molecule has 110 valence electrons. The number of nitrogen functional groups attached to an aromatic ring is 1. The van der Waals surface area contributed by atoms with Crippen molar-refractivity contribution in [3.63, 3.8) is 0 Å². The zero-order valence-corrected chi connectivity index (χ0v) is 12.2. The summed E-state index contributed by atoms with van der Waals surface area (Å²) in [5, 5.41) is 3.30. The summed E-state index contributed by atoms with van der Waals surface area (Å²) in [6.07, 6.45) is 6.45. The van der Waals surface area contributed by atoms with E-state index in [1.165, 1.54) is 25.7 Å². The van der Waals surface area contributed by atoms with Crippen molar-refractivity contribution >= 4 is 17.5 Å². The summed E-state index contributed by atoms with van der Waals surface area (Å²) in [6, 6.07) is 1.62. The SMILES string of the molecule is CCCC1(CNc2ncc(N)cc2C(=O)OCC)CC1. The monoisotopic (exact) mass is 277 g/mol. The molecule has 0 unspecified atom stereocenters. The molecule has 2 rings (SSSR count). The zero-order valence-electron chi connectivity index (χ0n) is 12.2. The molecule has 1 saturated carbocycles. The first-order chi connectivity index (χ1) is 9.60. The number of carbonyl (C=O) groups is 1. The predicted octanol–water partition coefficient (Wildman–Crippen LogP) is 2.83. The molecular weight excluding hydrogens is 254 g/mol. The summed E-state index contributed by atoms with van der Waals surface area (Å²) >= 11 is 0. The molecule has 0 amide bonds. The molecule has 3 N–H and O–H groups in total. The molecule has 5 nitrogen and oxygen atoms in total. The highest BCUT2D eigenvalue weighted by molar-refractivity contribution is 5.95. The van der Waals surface area contributed by atoms with Crippen LogP contribution in [0.5, 0.6) is 0 Å². The van der Waals surface area contributed by atoms with Crippen LogP contribution in [-0.4, -0.2) is 24.1 Å². The van der Waals surface area contributed by atoms with Gasteiger partial charge in [0.1, 0.15) is 11.4 Å². The lowest BCUT2D eigenvalue weighted by Gasteiger charge is -2.17. The zero-order chi connectivity index (χ0) is 14.6. The Morgan fingerprint density at radius 2 is 2.25 bits per heavy atom. The van der Waals surface area contributed by atoms with E-state index >= 15 is 0 Å². The van der Waals surface area contributed by atoms with E-state index in [0.29, 0.717) is 29.1 Å². The fourth-order valence-corrected chi connectivity index (χ4v) is 2.48. The van der Waals surface area contributed by atoms with Crippen LogP contribution in [0.3, 0.4) is 0 Å². The van der Waals surface area contributed by atoms with Crippen molar-refractivity contribution < 1.29 is 9.53 Å². The van der Waals surface area contributed by atoms with Gasteiger partial charge in [-0.1, -0.05) is 13.3 Å². The van der Waals surface area contributed by atoms with Gasteiger partial charge in [0.15, 0.2) is 0 Å². The lowest BCUT2D eigenvalue weighted by molar-refractivity contribution is 0.0527. The number of ether oxygens (including phenoxy) is 1. The quantitative estimate of drug-likeness (QED) is 0.749. The molecule has 0 saturated heterocycles. The van der Waals surface area contributed by atoms with Gasteiger partial charge >= 0.3 is 5.97 Å². The first-order valence-electron chi connectivity index (χ1n) is 7.27. The molecule has 0 atom stereocenters. The summed E-state index contributed by atoms with van der Waals surface area (Å²) in [5.74, 6) is 0.190. The van der Waals surface area contributed by atoms with E-state index in [1.54, 1.807) is 19.2 Å². The molecule has 0 spiro atoms. The van der Waals surface area contributed by atoms with E-state index in [-0.39, 0.29) is 5.97 Å². The topological polar surface area (TPSA) is 77.2 Å². The van der Waals surface area contributed by atoms with Crippen molar-refractivity contribution in [3.05, 3.63) is 17.8 Å². The van der Waals surface area contributed by atoms with Gasteiger partial charge in [-0.2, -0.15) is 0 Å². The van der Waals surface area contributed by atoms with Crippen molar-refractivity contribution in [1.82, 2.24) is 4.98 Å². The molecule has 1 heterocycles. The number of anilines is 2. The third-order valence-electron chi connectivity index (χ3n) is 3.77. The first kappa shape index (κ1) is 14.6. The van der Waals surface area contributed by atoms with E-state index in [0.717, 1.165) is 6.54 Å². The van der Waals surface area contributed by atoms with Crippen LogP contribution in [0, 0.1) is 5.41 Å². The van der Waals surface area contributed by atoms with E-state index in [9.17, 15) is 4.79 Å². The Hall–Kier alpha value is -1.78. The van der Waals surface area contributed by atoms with Gasteiger partial charge in [0.05, 0.1) is 18.5 Å². The normalized spacial score (nSPS) is 15.7. The number of pyridine rings is 1. The minimum atomic E-state index is -0.380. The van der Waals surface area contributed by atoms with E-state index in [2.05, 4.69) is 17.2 Å². The average molecular weight is 277 g/mol. The van der Waals surface area contributed by atoms with E-state index < -0.39 is 0 Å². The Balaban J connectivity index is 2.09. The highest BCUT2D eigenvalue weighted by Gasteiger charge is 2.41. The minimum Gasteiger partial charge on any atom is -0.462 e. The van der Waals surface area contributed by atoms with Gasteiger partial charge in [-0.05, 0) is 37.7 Å². The third-order valence-corrected chi connectivity index (χ3v) is 3.77. The molecule has 20 heavy (non-hydrogen) atoms. The Labute approximate surface area is 119 Å². The maximum absolute atomic E-state index is 11.9. The molecule has 1 aromatic rings. The Kier molecular flexibility index (Phi) is 4.47. The Bertz CT molecular complexity index is 484. The van der Waals surface area contributed by atoms with Crippen LogP contribution < -0.4 is 11.1 Å². The van der Waals surface area contributed by atoms with Crippen molar-refractivity contribution in [2.75, 3.05) is 24.2 Å². The summed E-state index contributed by atoms with van der Waals surface area (Å²) in [6.45, 7) is 5.17. The van der Waals surface area contributed by atoms with Gasteiger partial charge in [-0.15, -0.1) is 0 Å². The van der Waals surface area contributed by atoms with Gasteiger partial charge in [-0.25, -0.2) is 9.78 Å². The molecule has 0 aromatic carbocycles. The maximum Gasteiger partial charge on any atom is 0.341 e. The standard InChI is InChI=1S/C15H23N3O2/c1-3-5-15(6-7-15)10-18-13-12(14(19)20-4-2)8-11(16)9-17-13/h8-9H,3-7,10,16H2,1-2H3,(H,17,18). The minimum absolute atomic E-state index is 0.340. The van der Waals surface area contributed by atoms with Gasteiger partial charge < -0.3 is 15.8 Å². The number of nitrogens with two attached hydrogens (primary N) is 1. The highest BCUT2D eigenvalue weighted by atomic mass is 16.5. The van der Waals surface area contributed by atoms with Gasteiger partial charge in [0, 0.05) is 6.54 Å². The van der Waals surface area contributed by atoms with E-state index in [1.807, 2.05) is 0 Å². The lowest BCUT2D eigenvalue weighted by atomic mass is 10.0. The number of nitrogens with one attached hydrogen (secondary N) is 1. The molecule has 1 aliphatic rings. The Morgan fingerprint density at radius 3 is 2.85 bits per heavy atom. The third kappa shape index (κ3) is 3.40. The van der Waals surface area contributed by atoms with Crippen molar-refractivity contribution in [2.24, 2.45) is 5.41 Å². The van der Waals surface area contributed by atoms with Crippen molar-refractivity contribution in [3.8, 4) is 0 Å². The molecule has 0 radical (unpaired) electrons. The van der Waals surface area contributed by atoms with Crippen molar-refractivity contribution in [2.45, 2.75) is 39.5 Å². The molecule has 0 bridgehead atoms. The van der Waals surface area contributed by atoms with Crippen LogP contribution in [0.1, 0.15) is 49.9 Å². The van der Waals surface area contributed by atoms with Gasteiger partial charge in [0.2, 0.25) is 0 Å². The van der Waals surface area contributed by atoms with Crippen LogP contribution in [0.2, 0.25) is 0 Å². The van der Waals surface area contributed by atoms with Crippen molar-refractivity contribution in [1.29, 1.82) is 0 Å². The molecule has 5 heteroatoms. The van der Waals surface area contributed by atoms with Crippen LogP contribution >= 0.6 is 0 Å². The smallest absolute Gasteiger partial charge is 0.341 e. The van der Waals surface area contributed by atoms with Crippen LogP contribution in [0.4, 0.5) is 11.5 Å². The summed E-state index contributed by atoms with van der Waals surface area (Å²) in [4.78, 5) is 16.2. The number of hydrogen-bond donors (Lipinski definition) is 2. The molecular formula is C15H23N3O2. The number of esters is 1. The molecule has 1 aromatic heterocycles. The summed E-state index contributed by atoms with van der Waals surface area (Å²) < 4.78 is 5.04. The fourth-order valence-electron chi connectivity index (χ4n) is 2.48. The summed E-state index contributed by atoms with van der Waals surface area (Å²) in [5.41, 5.74) is 6.98. The number of aromatic nitrogens is 1. The molecule has 1 aliphatic carbocycles. The number of hydrogen-bond acceptors (Lipinski definition) is 5. The first-order valence-corrected chi connectivity index (χ1v) is 7.27. The van der Waals surface area contributed by atoms with E-state index in [4.69, 9.17) is 10.5 Å². The largest absolute Gasteiger partial charge is 0.462 e. The maximum atomic E-state index is 11.9. The van der Waals surface area contributed by atoms with Crippen LogP contribution in [0.15, 0.2) is 12.3 Å². The molecule has 0 aliphatic heterocycles. The number of nitrogens with zero attached hydrogens (tertiary/aromatic N) is 1. The lowest BCUT2D eigenvalue weighted by Crippen LogP contribution is -2.19. The number of rotatable bonds is 7. The summed E-state index contributed by atoms with van der Waals surface area (Å²) in [7, 11) is 0. The second kappa shape index (κ2) is 6.11. The fraction of sp³-hybridized carbons (Fsp3) is 0.600. The Morgan fingerprint density at radius 1 is 1.50 bits per heavy atom. The number of carbonyl (C=O) groups excluding carboxylic acids is 1. The average Bonchev–Trinajstić information content (AvgIpc) is 3.18. The second-order valence-electron chi connectivity index (χ2n) is 5.49. The van der Waals surface area contributed by atoms with Gasteiger partial charge in [0.25, 0.3) is 0 Å². The predicted molar refractivity (Wildman–Crippen MR) is 79.7 cm³/mol. The van der Waals surface area contributed by atoms with Gasteiger partial charge in [-0.3, -0.25) is 0 Å². The van der Waals surface area contributed by atoms with Crippen LogP contribution in [-0.2, 0) is 4.74 Å². The highest BCUT2D eigenvalue weighted by Crippen LogP contribution is 2.49. The molecule has 1 fully saturated rings.